The number of ether oxygens (including phenoxy) is 1. The normalized spacial score (nSPS) is 16.8. The molecule has 70 valence electrons. The van der Waals surface area contributed by atoms with Gasteiger partial charge in [-0.2, -0.15) is 11.8 Å². The molecular weight excluding hydrogens is 168 g/mol. The molecule has 0 unspecified atom stereocenters. The number of thioether (sulfide) groups is 1. The summed E-state index contributed by atoms with van der Waals surface area (Å²) in [7, 11) is 0. The Labute approximate surface area is 79.6 Å². The van der Waals surface area contributed by atoms with Gasteiger partial charge in [-0.1, -0.05) is 0 Å². The van der Waals surface area contributed by atoms with E-state index in [9.17, 15) is 0 Å². The first kappa shape index (κ1) is 9.97. The van der Waals surface area contributed by atoms with Crippen molar-refractivity contribution in [3.63, 3.8) is 0 Å². The summed E-state index contributed by atoms with van der Waals surface area (Å²) in [6.07, 6.45) is 4.42. The van der Waals surface area contributed by atoms with Crippen molar-refractivity contribution in [1.82, 2.24) is 0 Å². The molecule has 0 radical (unpaired) electrons. The molecule has 1 nitrogen and oxygen atoms in total. The first-order chi connectivity index (χ1) is 5.79. The Balaban J connectivity index is 1.85. The minimum absolute atomic E-state index is 0.895. The number of hydrogen-bond acceptors (Lipinski definition) is 2. The van der Waals surface area contributed by atoms with Gasteiger partial charge in [-0.25, -0.2) is 0 Å². The first-order valence-corrected chi connectivity index (χ1v) is 5.77. The molecule has 0 aromatic rings. The molecule has 1 heterocycles. The van der Waals surface area contributed by atoms with Crippen LogP contribution in [-0.2, 0) is 4.74 Å². The molecule has 0 aromatic carbocycles. The topological polar surface area (TPSA) is 9.23 Å². The quantitative estimate of drug-likeness (QED) is 0.482. The van der Waals surface area contributed by atoms with Crippen LogP contribution in [0.3, 0.4) is 0 Å². The van der Waals surface area contributed by atoms with Gasteiger partial charge in [0.2, 0.25) is 0 Å². The number of hydrogen-bond donors (Lipinski definition) is 0. The Hall–Kier alpha value is -0.110. The molecule has 1 aliphatic heterocycles. The maximum absolute atomic E-state index is 5.35. The van der Waals surface area contributed by atoms with Gasteiger partial charge < -0.3 is 4.74 Å². The molecule has 1 fully saturated rings. The van der Waals surface area contributed by atoms with Crippen LogP contribution in [0.4, 0.5) is 0 Å². The van der Waals surface area contributed by atoms with Crippen molar-refractivity contribution in [3.8, 4) is 0 Å². The van der Waals surface area contributed by atoms with E-state index >= 15 is 0 Å². The lowest BCUT2D eigenvalue weighted by atomic mass is 10.1. The highest BCUT2D eigenvalue weighted by Crippen LogP contribution is 2.28. The molecule has 0 amide bonds. The van der Waals surface area contributed by atoms with E-state index in [1.165, 1.54) is 29.9 Å². The SMILES string of the molecule is CC(C)=COCCCC1CSC1. The fourth-order valence-corrected chi connectivity index (χ4v) is 2.03. The molecule has 0 aromatic heterocycles. The van der Waals surface area contributed by atoms with Crippen LogP contribution >= 0.6 is 11.8 Å². The third-order valence-electron chi connectivity index (χ3n) is 1.90. The van der Waals surface area contributed by atoms with Crippen molar-refractivity contribution < 1.29 is 4.74 Å². The van der Waals surface area contributed by atoms with Crippen LogP contribution in [0.15, 0.2) is 11.8 Å². The lowest BCUT2D eigenvalue weighted by molar-refractivity contribution is 0.233. The molecule has 0 bridgehead atoms. The van der Waals surface area contributed by atoms with Crippen LogP contribution in [0.25, 0.3) is 0 Å². The second-order valence-corrected chi connectivity index (χ2v) is 4.69. The largest absolute Gasteiger partial charge is 0.501 e. The first-order valence-electron chi connectivity index (χ1n) is 4.62. The van der Waals surface area contributed by atoms with Crippen LogP contribution in [0, 0.1) is 5.92 Å². The molecular formula is C10H18OS. The van der Waals surface area contributed by atoms with Gasteiger partial charge in [0.25, 0.3) is 0 Å². The summed E-state index contributed by atoms with van der Waals surface area (Å²) in [5, 5.41) is 0. The number of allylic oxidation sites excluding steroid dienone is 1. The van der Waals surface area contributed by atoms with Gasteiger partial charge >= 0.3 is 0 Å². The van der Waals surface area contributed by atoms with Gasteiger partial charge in [-0.3, -0.25) is 0 Å². The van der Waals surface area contributed by atoms with Crippen molar-refractivity contribution in [2.75, 3.05) is 18.1 Å². The maximum atomic E-state index is 5.35. The molecule has 2 heteroatoms. The monoisotopic (exact) mass is 186 g/mol. The van der Waals surface area contributed by atoms with Crippen LogP contribution in [0.2, 0.25) is 0 Å². The van der Waals surface area contributed by atoms with Gasteiger partial charge in [0, 0.05) is 0 Å². The molecule has 0 aliphatic carbocycles. The Kier molecular flexibility index (Phi) is 4.59. The minimum Gasteiger partial charge on any atom is -0.501 e. The molecule has 12 heavy (non-hydrogen) atoms. The average Bonchev–Trinajstić information content (AvgIpc) is 1.92. The fourth-order valence-electron chi connectivity index (χ4n) is 1.13. The van der Waals surface area contributed by atoms with Gasteiger partial charge in [0.1, 0.15) is 0 Å². The van der Waals surface area contributed by atoms with E-state index in [-0.39, 0.29) is 0 Å². The van der Waals surface area contributed by atoms with E-state index in [1.54, 1.807) is 0 Å². The smallest absolute Gasteiger partial charge is 0.0873 e. The van der Waals surface area contributed by atoms with Crippen molar-refractivity contribution >= 4 is 11.8 Å². The van der Waals surface area contributed by atoms with E-state index in [2.05, 4.69) is 25.6 Å². The van der Waals surface area contributed by atoms with Crippen LogP contribution in [0.1, 0.15) is 26.7 Å². The lowest BCUT2D eigenvalue weighted by Gasteiger charge is -2.24. The van der Waals surface area contributed by atoms with Gasteiger partial charge in [0.15, 0.2) is 0 Å². The van der Waals surface area contributed by atoms with Crippen LogP contribution in [0.5, 0.6) is 0 Å². The Morgan fingerprint density at radius 3 is 2.75 bits per heavy atom. The Bertz CT molecular complexity index is 146. The van der Waals surface area contributed by atoms with Crippen LogP contribution < -0.4 is 0 Å². The zero-order valence-electron chi connectivity index (χ0n) is 8.01. The third kappa shape index (κ3) is 4.05. The summed E-state index contributed by atoms with van der Waals surface area (Å²) in [4.78, 5) is 0. The predicted octanol–water partition coefficient (Wildman–Crippen LogP) is 3.07. The van der Waals surface area contributed by atoms with E-state index in [0.29, 0.717) is 0 Å². The Morgan fingerprint density at radius 2 is 2.25 bits per heavy atom. The van der Waals surface area contributed by atoms with Gasteiger partial charge in [-0.05, 0) is 49.7 Å². The van der Waals surface area contributed by atoms with Crippen molar-refractivity contribution in [2.24, 2.45) is 5.92 Å². The van der Waals surface area contributed by atoms with Crippen molar-refractivity contribution in [3.05, 3.63) is 11.8 Å². The molecule has 1 rings (SSSR count). The standard InChI is InChI=1S/C10H18OS/c1-9(2)6-11-5-3-4-10-7-12-8-10/h6,10H,3-5,7-8H2,1-2H3. The Morgan fingerprint density at radius 1 is 1.50 bits per heavy atom. The van der Waals surface area contributed by atoms with Crippen LogP contribution in [-0.4, -0.2) is 18.1 Å². The molecule has 0 spiro atoms. The molecule has 0 saturated carbocycles. The summed E-state index contributed by atoms with van der Waals surface area (Å²) in [6.45, 7) is 5.01. The van der Waals surface area contributed by atoms with Crippen molar-refractivity contribution in [1.29, 1.82) is 0 Å². The van der Waals surface area contributed by atoms with E-state index in [1.807, 2.05) is 6.26 Å². The number of rotatable bonds is 5. The van der Waals surface area contributed by atoms with E-state index in [4.69, 9.17) is 4.74 Å². The molecule has 1 saturated heterocycles. The average molecular weight is 186 g/mol. The van der Waals surface area contributed by atoms with Gasteiger partial charge in [0.05, 0.1) is 12.9 Å². The molecule has 0 N–H and O–H groups in total. The summed E-state index contributed by atoms with van der Waals surface area (Å²) in [5.41, 5.74) is 1.24. The summed E-state index contributed by atoms with van der Waals surface area (Å²) in [5.74, 6) is 3.75. The second kappa shape index (κ2) is 5.52. The predicted molar refractivity (Wildman–Crippen MR) is 55.4 cm³/mol. The summed E-state index contributed by atoms with van der Waals surface area (Å²) in [6, 6.07) is 0. The lowest BCUT2D eigenvalue weighted by Crippen LogP contribution is -2.17. The maximum Gasteiger partial charge on any atom is 0.0873 e. The van der Waals surface area contributed by atoms with Gasteiger partial charge in [-0.15, -0.1) is 0 Å². The fraction of sp³-hybridized carbons (Fsp3) is 0.800. The highest BCUT2D eigenvalue weighted by Gasteiger charge is 2.16. The summed E-state index contributed by atoms with van der Waals surface area (Å²) < 4.78 is 5.35. The third-order valence-corrected chi connectivity index (χ3v) is 3.31. The van der Waals surface area contributed by atoms with E-state index in [0.717, 1.165) is 12.5 Å². The highest BCUT2D eigenvalue weighted by atomic mass is 32.2. The minimum atomic E-state index is 0.895. The van der Waals surface area contributed by atoms with E-state index < -0.39 is 0 Å². The van der Waals surface area contributed by atoms with Crippen molar-refractivity contribution in [2.45, 2.75) is 26.7 Å². The second-order valence-electron chi connectivity index (χ2n) is 3.61. The zero-order valence-corrected chi connectivity index (χ0v) is 8.82. The zero-order chi connectivity index (χ0) is 8.81. The highest BCUT2D eigenvalue weighted by molar-refractivity contribution is 8.00. The summed E-state index contributed by atoms with van der Waals surface area (Å²) >= 11 is 2.06. The molecule has 0 atom stereocenters. The molecule has 1 aliphatic rings.